The Kier molecular flexibility index (Phi) is 5.75. The predicted molar refractivity (Wildman–Crippen MR) is 104 cm³/mol. The van der Waals surface area contributed by atoms with Crippen LogP contribution in [0.15, 0.2) is 40.6 Å². The monoisotopic (exact) mass is 402 g/mol. The van der Waals surface area contributed by atoms with Crippen molar-refractivity contribution in [2.45, 2.75) is 23.5 Å². The summed E-state index contributed by atoms with van der Waals surface area (Å²) in [5.41, 5.74) is 1.13. The first-order chi connectivity index (χ1) is 12.9. The number of carboxylic acids is 1. The van der Waals surface area contributed by atoms with E-state index < -0.39 is 16.0 Å². The van der Waals surface area contributed by atoms with Crippen molar-refractivity contribution in [3.63, 3.8) is 0 Å². The lowest BCUT2D eigenvalue weighted by atomic mass is 10.1. The molecule has 27 heavy (non-hydrogen) atoms. The van der Waals surface area contributed by atoms with Gasteiger partial charge in [0.1, 0.15) is 4.21 Å². The summed E-state index contributed by atoms with van der Waals surface area (Å²) in [5, 5.41) is 18.4. The number of thiophene rings is 1. The summed E-state index contributed by atoms with van der Waals surface area (Å²) in [7, 11) is -3.59. The minimum atomic E-state index is -3.59. The van der Waals surface area contributed by atoms with E-state index in [-0.39, 0.29) is 9.78 Å². The molecule has 0 bridgehead atoms. The van der Waals surface area contributed by atoms with Crippen LogP contribution in [0.5, 0.6) is 0 Å². The summed E-state index contributed by atoms with van der Waals surface area (Å²) in [6.45, 7) is 1.00. The van der Waals surface area contributed by atoms with Crippen molar-refractivity contribution in [3.8, 4) is 6.07 Å². The van der Waals surface area contributed by atoms with Crippen LogP contribution in [0.2, 0.25) is 0 Å². The Balaban J connectivity index is 1.92. The van der Waals surface area contributed by atoms with Gasteiger partial charge in [0.05, 0.1) is 17.2 Å². The lowest BCUT2D eigenvalue weighted by Crippen LogP contribution is -2.35. The van der Waals surface area contributed by atoms with Gasteiger partial charge < -0.3 is 5.11 Å². The number of piperidine rings is 1. The van der Waals surface area contributed by atoms with E-state index in [0.717, 1.165) is 30.6 Å². The van der Waals surface area contributed by atoms with Gasteiger partial charge >= 0.3 is 5.97 Å². The third kappa shape index (κ3) is 4.27. The van der Waals surface area contributed by atoms with Crippen molar-refractivity contribution in [1.29, 1.82) is 5.26 Å². The second-order valence-electron chi connectivity index (χ2n) is 6.18. The molecule has 0 atom stereocenters. The van der Waals surface area contributed by atoms with E-state index in [2.05, 4.69) is 0 Å². The minimum Gasteiger partial charge on any atom is -0.478 e. The molecule has 2 heterocycles. The molecule has 0 radical (unpaired) electrons. The number of benzene rings is 1. The van der Waals surface area contributed by atoms with Crippen molar-refractivity contribution in [2.24, 2.45) is 0 Å². The van der Waals surface area contributed by atoms with E-state index in [9.17, 15) is 18.3 Å². The third-order valence-corrected chi connectivity index (χ3v) is 7.82. The number of carbonyl (C=O) groups is 1. The van der Waals surface area contributed by atoms with Crippen LogP contribution < -0.4 is 0 Å². The van der Waals surface area contributed by atoms with Crippen molar-refractivity contribution in [1.82, 2.24) is 4.31 Å². The van der Waals surface area contributed by atoms with Gasteiger partial charge in [-0.3, -0.25) is 0 Å². The normalized spacial score (nSPS) is 16.0. The maximum absolute atomic E-state index is 12.8. The second kappa shape index (κ2) is 8.05. The van der Waals surface area contributed by atoms with E-state index >= 15 is 0 Å². The highest BCUT2D eigenvalue weighted by atomic mass is 32.2. The van der Waals surface area contributed by atoms with Gasteiger partial charge in [-0.15, -0.1) is 11.3 Å². The first-order valence-electron chi connectivity index (χ1n) is 8.47. The van der Waals surface area contributed by atoms with Gasteiger partial charge in [-0.2, -0.15) is 9.57 Å². The molecule has 1 aliphatic heterocycles. The highest BCUT2D eigenvalue weighted by Crippen LogP contribution is 2.32. The van der Waals surface area contributed by atoms with Gasteiger partial charge in [0.25, 0.3) is 10.0 Å². The number of nitrogens with zero attached hydrogens (tertiary/aromatic N) is 2. The molecular formula is C19H18N2O4S2. The summed E-state index contributed by atoms with van der Waals surface area (Å²) in [5.74, 6) is -1.14. The van der Waals surface area contributed by atoms with Gasteiger partial charge in [0, 0.05) is 18.0 Å². The van der Waals surface area contributed by atoms with E-state index in [1.54, 1.807) is 24.3 Å². The molecule has 0 amide bonds. The Morgan fingerprint density at radius 2 is 1.78 bits per heavy atom. The molecule has 1 aromatic carbocycles. The summed E-state index contributed by atoms with van der Waals surface area (Å²) in [6, 6.07) is 11.5. The zero-order chi connectivity index (χ0) is 19.4. The van der Waals surface area contributed by atoms with Crippen LogP contribution in [-0.2, 0) is 14.8 Å². The van der Waals surface area contributed by atoms with Gasteiger partial charge in [-0.1, -0.05) is 18.6 Å². The highest BCUT2D eigenvalue weighted by molar-refractivity contribution is 7.91. The van der Waals surface area contributed by atoms with E-state index in [0.29, 0.717) is 29.1 Å². The number of sulfonamides is 1. The van der Waals surface area contributed by atoms with Gasteiger partial charge in [-0.25, -0.2) is 13.2 Å². The van der Waals surface area contributed by atoms with Crippen LogP contribution in [0.3, 0.4) is 0 Å². The number of hydrogen-bond donors (Lipinski definition) is 1. The quantitative estimate of drug-likeness (QED) is 0.773. The first kappa shape index (κ1) is 19.3. The van der Waals surface area contributed by atoms with Gasteiger partial charge in [0.2, 0.25) is 0 Å². The lowest BCUT2D eigenvalue weighted by Gasteiger charge is -2.25. The van der Waals surface area contributed by atoms with Crippen molar-refractivity contribution in [2.75, 3.05) is 13.1 Å². The second-order valence-corrected chi connectivity index (χ2v) is 9.43. The van der Waals surface area contributed by atoms with Gasteiger partial charge in [0.15, 0.2) is 0 Å². The zero-order valence-electron chi connectivity index (χ0n) is 14.5. The Hall–Kier alpha value is -2.47. The van der Waals surface area contributed by atoms with Crippen LogP contribution in [0, 0.1) is 11.3 Å². The molecule has 1 aliphatic rings. The molecule has 0 unspecified atom stereocenters. The molecule has 2 aromatic rings. The van der Waals surface area contributed by atoms with Crippen LogP contribution in [0.25, 0.3) is 11.6 Å². The third-order valence-electron chi connectivity index (χ3n) is 4.34. The van der Waals surface area contributed by atoms with Crippen molar-refractivity contribution >= 4 is 39.0 Å². The maximum Gasteiger partial charge on any atom is 0.337 e. The fourth-order valence-electron chi connectivity index (χ4n) is 2.89. The SMILES string of the molecule is N#Cc1ccc(/C=C(/C(=O)O)c2ccc(S(=O)(=O)N3CCCCC3)s2)cc1. The molecule has 1 aromatic heterocycles. The molecule has 1 saturated heterocycles. The molecule has 6 nitrogen and oxygen atoms in total. The predicted octanol–water partition coefficient (Wildman–Crippen LogP) is 3.42. The van der Waals surface area contributed by atoms with Crippen molar-refractivity contribution in [3.05, 3.63) is 52.4 Å². The molecule has 0 saturated carbocycles. The standard InChI is InChI=1S/C19H18N2O4S2/c20-13-15-6-4-14(5-7-15)12-16(19(22)23)17-8-9-18(26-17)27(24,25)21-10-2-1-3-11-21/h4-9,12H,1-3,10-11H2,(H,22,23)/b16-12+. The summed E-state index contributed by atoms with van der Waals surface area (Å²) >= 11 is 0.966. The fraction of sp³-hybridized carbons (Fsp3) is 0.263. The minimum absolute atomic E-state index is 0.0183. The number of hydrogen-bond acceptors (Lipinski definition) is 5. The summed E-state index contributed by atoms with van der Waals surface area (Å²) in [6.07, 6.45) is 4.19. The average Bonchev–Trinajstić information content (AvgIpc) is 3.17. The molecular weight excluding hydrogens is 384 g/mol. The Morgan fingerprint density at radius 1 is 1.11 bits per heavy atom. The Bertz CT molecular complexity index is 1010. The summed E-state index contributed by atoms with van der Waals surface area (Å²) in [4.78, 5) is 12.1. The molecule has 0 spiro atoms. The topological polar surface area (TPSA) is 98.5 Å². The number of aliphatic carboxylic acids is 1. The van der Waals surface area contributed by atoms with E-state index in [1.807, 2.05) is 6.07 Å². The number of nitriles is 1. The van der Waals surface area contributed by atoms with Crippen LogP contribution >= 0.6 is 11.3 Å². The average molecular weight is 402 g/mol. The largest absolute Gasteiger partial charge is 0.478 e. The van der Waals surface area contributed by atoms with E-state index in [4.69, 9.17) is 5.26 Å². The smallest absolute Gasteiger partial charge is 0.337 e. The molecule has 8 heteroatoms. The Labute approximate surface area is 162 Å². The zero-order valence-corrected chi connectivity index (χ0v) is 16.1. The van der Waals surface area contributed by atoms with E-state index in [1.165, 1.54) is 22.5 Å². The number of carboxylic acid groups (broad SMARTS) is 1. The first-order valence-corrected chi connectivity index (χ1v) is 10.7. The lowest BCUT2D eigenvalue weighted by molar-refractivity contribution is -0.130. The molecule has 3 rings (SSSR count). The fourth-order valence-corrected chi connectivity index (χ4v) is 5.88. The van der Waals surface area contributed by atoms with Gasteiger partial charge in [-0.05, 0) is 48.7 Å². The van der Waals surface area contributed by atoms with Crippen LogP contribution in [0.1, 0.15) is 35.3 Å². The number of rotatable bonds is 5. The molecule has 0 aliphatic carbocycles. The van der Waals surface area contributed by atoms with Crippen LogP contribution in [-0.4, -0.2) is 36.9 Å². The highest BCUT2D eigenvalue weighted by Gasteiger charge is 2.28. The molecule has 1 fully saturated rings. The maximum atomic E-state index is 12.8. The van der Waals surface area contributed by atoms with Crippen LogP contribution in [0.4, 0.5) is 0 Å². The Morgan fingerprint density at radius 3 is 2.37 bits per heavy atom. The molecule has 140 valence electrons. The van der Waals surface area contributed by atoms with Crippen molar-refractivity contribution < 1.29 is 18.3 Å². The summed E-state index contributed by atoms with van der Waals surface area (Å²) < 4.78 is 27.1. The molecule has 1 N–H and O–H groups in total.